The van der Waals surface area contributed by atoms with E-state index in [1.54, 1.807) is 38.1 Å². The number of nitrogens with one attached hydrogen (secondary N) is 2. The van der Waals surface area contributed by atoms with Gasteiger partial charge in [-0.2, -0.15) is 4.72 Å². The van der Waals surface area contributed by atoms with Gasteiger partial charge in [0.2, 0.25) is 15.9 Å². The lowest BCUT2D eigenvalue weighted by Crippen LogP contribution is -2.44. The molecule has 0 radical (unpaired) electrons. The number of benzene rings is 3. The van der Waals surface area contributed by atoms with Crippen LogP contribution in [-0.2, 0) is 26.2 Å². The van der Waals surface area contributed by atoms with E-state index in [4.69, 9.17) is 4.74 Å². The Morgan fingerprint density at radius 2 is 1.70 bits per heavy atom. The zero-order chi connectivity index (χ0) is 28.9. The summed E-state index contributed by atoms with van der Waals surface area (Å²) < 4.78 is 34.6. The van der Waals surface area contributed by atoms with Crippen molar-refractivity contribution in [1.82, 2.24) is 4.72 Å². The molecule has 3 aromatic rings. The number of carbonyl (C=O) groups is 2. The van der Waals surface area contributed by atoms with Crippen molar-refractivity contribution in [2.24, 2.45) is 5.92 Å². The minimum absolute atomic E-state index is 0.0802. The van der Waals surface area contributed by atoms with Gasteiger partial charge in [-0.1, -0.05) is 63.1 Å². The van der Waals surface area contributed by atoms with Gasteiger partial charge in [0.1, 0.15) is 18.4 Å². The summed E-state index contributed by atoms with van der Waals surface area (Å²) in [6.07, 6.45) is 4.15. The van der Waals surface area contributed by atoms with Crippen molar-refractivity contribution in [1.29, 1.82) is 0 Å². The minimum atomic E-state index is -4.02. The van der Waals surface area contributed by atoms with Crippen LogP contribution >= 0.6 is 0 Å². The summed E-state index contributed by atoms with van der Waals surface area (Å²) >= 11 is 0. The van der Waals surface area contributed by atoms with Crippen LogP contribution in [0.3, 0.4) is 0 Å². The highest BCUT2D eigenvalue weighted by Crippen LogP contribution is 2.40. The average molecular weight is 565 g/mol. The summed E-state index contributed by atoms with van der Waals surface area (Å²) in [5, 5.41) is 12.2. The highest BCUT2D eigenvalue weighted by Gasteiger charge is 2.29. The van der Waals surface area contributed by atoms with E-state index in [0.717, 1.165) is 47.9 Å². The first kappa shape index (κ1) is 29.3. The number of sulfonamides is 1. The maximum Gasteiger partial charge on any atom is 0.322 e. The Hall–Kier alpha value is -3.69. The fourth-order valence-corrected chi connectivity index (χ4v) is 6.44. The molecule has 8 nitrogen and oxygen atoms in total. The number of hydrogen-bond donors (Lipinski definition) is 3. The number of ether oxygens (including phenoxy) is 1. The van der Waals surface area contributed by atoms with E-state index >= 15 is 0 Å². The molecule has 1 saturated carbocycles. The summed E-state index contributed by atoms with van der Waals surface area (Å²) in [5.41, 5.74) is 4.55. The smallest absolute Gasteiger partial charge is 0.322 e. The molecule has 4 rings (SSSR count). The molecule has 0 bridgehead atoms. The number of amides is 1. The second kappa shape index (κ2) is 12.7. The lowest BCUT2D eigenvalue weighted by Gasteiger charge is -2.20. The third-order valence-electron chi connectivity index (χ3n) is 7.17. The van der Waals surface area contributed by atoms with Crippen molar-refractivity contribution in [3.8, 4) is 16.9 Å². The molecule has 0 aliphatic heterocycles. The van der Waals surface area contributed by atoms with Crippen molar-refractivity contribution in [3.63, 3.8) is 0 Å². The SMILES string of the molecule is CC(=O)Nc1cccc(OCc2ccc(-c3ccc(S(=O)(=O)N[C@@H](C(=O)O)C(C)C)cc3C3CCCC3)cc2)c1. The number of anilines is 1. The number of rotatable bonds is 11. The van der Waals surface area contributed by atoms with Crippen molar-refractivity contribution in [2.45, 2.75) is 69.9 Å². The molecule has 0 saturated heterocycles. The van der Waals surface area contributed by atoms with Crippen LogP contribution in [0.4, 0.5) is 5.69 Å². The zero-order valence-electron chi connectivity index (χ0n) is 23.0. The van der Waals surface area contributed by atoms with Crippen LogP contribution in [-0.4, -0.2) is 31.4 Å². The van der Waals surface area contributed by atoms with Crippen LogP contribution in [0.1, 0.15) is 63.5 Å². The Morgan fingerprint density at radius 1 is 1.00 bits per heavy atom. The Kier molecular flexibility index (Phi) is 9.27. The summed E-state index contributed by atoms with van der Waals surface area (Å²) in [4.78, 5) is 23.0. The van der Waals surface area contributed by atoms with E-state index in [1.165, 1.54) is 6.92 Å². The van der Waals surface area contributed by atoms with E-state index in [2.05, 4.69) is 10.0 Å². The molecule has 3 N–H and O–H groups in total. The van der Waals surface area contributed by atoms with Gasteiger partial charge in [0, 0.05) is 18.7 Å². The molecule has 0 unspecified atom stereocenters. The Bertz CT molecular complexity index is 1460. The molecule has 40 heavy (non-hydrogen) atoms. The normalized spacial score (nSPS) is 14.7. The minimum Gasteiger partial charge on any atom is -0.489 e. The van der Waals surface area contributed by atoms with E-state index in [-0.39, 0.29) is 16.7 Å². The lowest BCUT2D eigenvalue weighted by atomic mass is 9.89. The molecule has 0 spiro atoms. The number of hydrogen-bond acceptors (Lipinski definition) is 5. The quantitative estimate of drug-likeness (QED) is 0.265. The number of carboxylic acids is 1. The van der Waals surface area contributed by atoms with Gasteiger partial charge in [-0.15, -0.1) is 0 Å². The van der Waals surface area contributed by atoms with Gasteiger partial charge in [0.05, 0.1) is 4.90 Å². The van der Waals surface area contributed by atoms with E-state index in [9.17, 15) is 23.1 Å². The van der Waals surface area contributed by atoms with Gasteiger partial charge in [0.15, 0.2) is 0 Å². The molecular formula is C31H36N2O6S. The van der Waals surface area contributed by atoms with Crippen molar-refractivity contribution in [2.75, 3.05) is 5.32 Å². The number of aliphatic carboxylic acids is 1. The Labute approximate surface area is 235 Å². The van der Waals surface area contributed by atoms with Crippen LogP contribution < -0.4 is 14.8 Å². The predicted molar refractivity (Wildman–Crippen MR) is 155 cm³/mol. The summed E-state index contributed by atoms with van der Waals surface area (Å²) in [6, 6.07) is 19.1. The van der Waals surface area contributed by atoms with Crippen molar-refractivity contribution in [3.05, 3.63) is 77.9 Å². The van der Waals surface area contributed by atoms with Gasteiger partial charge in [-0.3, -0.25) is 9.59 Å². The Balaban J connectivity index is 1.56. The molecular weight excluding hydrogens is 528 g/mol. The van der Waals surface area contributed by atoms with Crippen LogP contribution in [0.15, 0.2) is 71.6 Å². The molecule has 1 aliphatic rings. The summed E-state index contributed by atoms with van der Waals surface area (Å²) in [6.45, 7) is 5.15. The van der Waals surface area contributed by atoms with Gasteiger partial charge >= 0.3 is 5.97 Å². The topological polar surface area (TPSA) is 122 Å². The average Bonchev–Trinajstić information content (AvgIpc) is 3.45. The highest BCUT2D eigenvalue weighted by molar-refractivity contribution is 7.89. The summed E-state index contributed by atoms with van der Waals surface area (Å²) in [5.74, 6) is -0.858. The molecule has 212 valence electrons. The fraction of sp³-hybridized carbons (Fsp3) is 0.355. The second-order valence-corrected chi connectivity index (χ2v) is 12.3. The van der Waals surface area contributed by atoms with E-state index < -0.39 is 28.0 Å². The van der Waals surface area contributed by atoms with Crippen LogP contribution in [0.5, 0.6) is 5.75 Å². The van der Waals surface area contributed by atoms with Crippen LogP contribution in [0.2, 0.25) is 0 Å². The molecule has 9 heteroatoms. The maximum atomic E-state index is 13.2. The second-order valence-electron chi connectivity index (χ2n) is 10.6. The van der Waals surface area contributed by atoms with E-state index in [0.29, 0.717) is 18.0 Å². The highest BCUT2D eigenvalue weighted by atomic mass is 32.2. The third-order valence-corrected chi connectivity index (χ3v) is 8.61. The first-order valence-corrected chi connectivity index (χ1v) is 15.0. The van der Waals surface area contributed by atoms with Gasteiger partial charge in [0.25, 0.3) is 0 Å². The Morgan fingerprint density at radius 3 is 2.33 bits per heavy atom. The molecule has 1 fully saturated rings. The van der Waals surface area contributed by atoms with E-state index in [1.807, 2.05) is 42.5 Å². The van der Waals surface area contributed by atoms with Gasteiger partial charge in [-0.05, 0) is 71.2 Å². The monoisotopic (exact) mass is 564 g/mol. The van der Waals surface area contributed by atoms with Gasteiger partial charge in [-0.25, -0.2) is 8.42 Å². The predicted octanol–water partition coefficient (Wildman–Crippen LogP) is 5.94. The van der Waals surface area contributed by atoms with Crippen LogP contribution in [0.25, 0.3) is 11.1 Å². The standard InChI is InChI=1S/C31H36N2O6S/c1-20(2)30(31(35)36)33-40(37,38)27-15-16-28(29(18-27)23-7-4-5-8-23)24-13-11-22(12-14-24)19-39-26-10-6-9-25(17-26)32-21(3)34/h6,9-18,20,23,30,33H,4-5,7-8,19H2,1-3H3,(H,32,34)(H,35,36)/t30-/m1/s1. The van der Waals surface area contributed by atoms with Crippen LogP contribution in [0, 0.1) is 5.92 Å². The molecule has 1 aliphatic carbocycles. The lowest BCUT2D eigenvalue weighted by molar-refractivity contribution is -0.140. The summed E-state index contributed by atoms with van der Waals surface area (Å²) in [7, 11) is -4.02. The third kappa shape index (κ3) is 7.28. The largest absolute Gasteiger partial charge is 0.489 e. The first-order valence-electron chi connectivity index (χ1n) is 13.5. The molecule has 3 aromatic carbocycles. The van der Waals surface area contributed by atoms with Gasteiger partial charge < -0.3 is 15.2 Å². The zero-order valence-corrected chi connectivity index (χ0v) is 23.8. The maximum absolute atomic E-state index is 13.2. The molecule has 0 aromatic heterocycles. The van der Waals surface area contributed by atoms with Crippen molar-refractivity contribution >= 4 is 27.6 Å². The fourth-order valence-electron chi connectivity index (χ4n) is 5.07. The molecule has 1 amide bonds. The van der Waals surface area contributed by atoms with Crippen molar-refractivity contribution < 1.29 is 27.9 Å². The molecule has 0 heterocycles. The first-order chi connectivity index (χ1) is 19.0. The number of carboxylic acid groups (broad SMARTS) is 1. The number of carbonyl (C=O) groups excluding carboxylic acids is 1. The molecule has 1 atom stereocenters.